The molecule has 0 aliphatic heterocycles. The van der Waals surface area contributed by atoms with Crippen molar-refractivity contribution in [1.29, 1.82) is 0 Å². The highest BCUT2D eigenvalue weighted by atomic mass is 35.5. The lowest BCUT2D eigenvalue weighted by atomic mass is 10.1. The Kier molecular flexibility index (Phi) is 11.8. The average Bonchev–Trinajstić information content (AvgIpc) is 2.93. The number of aromatic nitrogens is 3. The molecule has 11 heteroatoms. The molecule has 4 aromatic rings. The van der Waals surface area contributed by atoms with Gasteiger partial charge < -0.3 is 20.3 Å². The minimum Gasteiger partial charge on any atom is -0.364 e. The largest absolute Gasteiger partial charge is 0.364 e. The van der Waals surface area contributed by atoms with Crippen LogP contribution in [0.2, 0.25) is 5.02 Å². The number of amides is 2. The van der Waals surface area contributed by atoms with Gasteiger partial charge in [-0.05, 0) is 36.1 Å². The number of anilines is 2. The van der Waals surface area contributed by atoms with Crippen LogP contribution >= 0.6 is 23.5 Å². The lowest BCUT2D eigenvalue weighted by Gasteiger charge is -2.08. The van der Waals surface area contributed by atoms with Crippen molar-refractivity contribution in [1.82, 2.24) is 14.5 Å². The molecule has 2 heterocycles. The van der Waals surface area contributed by atoms with E-state index in [-0.39, 0.29) is 17.1 Å². The number of hydrogen-bond acceptors (Lipinski definition) is 7. The number of fused-ring (bicyclic) bond motifs is 1. The van der Waals surface area contributed by atoms with Crippen LogP contribution in [0.15, 0.2) is 59.5 Å². The zero-order valence-electron chi connectivity index (χ0n) is 21.9. The topological polar surface area (TPSA) is 132 Å². The van der Waals surface area contributed by atoms with E-state index in [0.717, 1.165) is 28.8 Å². The Hall–Kier alpha value is -3.89. The van der Waals surface area contributed by atoms with Crippen LogP contribution in [0.1, 0.15) is 37.0 Å². The lowest BCUT2D eigenvalue weighted by Crippen LogP contribution is -2.20. The summed E-state index contributed by atoms with van der Waals surface area (Å²) in [5.74, 6) is -0.716. The van der Waals surface area contributed by atoms with E-state index in [1.807, 2.05) is 69.5 Å². The van der Waals surface area contributed by atoms with Crippen LogP contribution in [-0.2, 0) is 18.3 Å². The highest BCUT2D eigenvalue weighted by Gasteiger charge is 2.14. The average molecular weight is 555 g/mol. The number of hydrogen-bond donors (Lipinski definition) is 3. The fraction of sp³-hybridized carbons (Fsp3) is 0.222. The number of carbonyl (C=O) groups excluding carboxylic acids is 2. The van der Waals surface area contributed by atoms with E-state index >= 15 is 0 Å². The molecule has 0 fully saturated rings. The molecule has 0 saturated heterocycles. The van der Waals surface area contributed by atoms with E-state index in [1.165, 1.54) is 18.1 Å². The first-order chi connectivity index (χ1) is 18.3. The molecule has 2 amide bonds. The Balaban J connectivity index is 0.000000262. The molecule has 4 rings (SSSR count). The van der Waals surface area contributed by atoms with Crippen LogP contribution in [0, 0.1) is 0 Å². The SMILES string of the molecule is CC.CCc1cc2cccc(Cl)c2c(=O)n1C.CSNc1cccc(-c2cnc(NC=O)c(C(N)=O)n2)c1. The van der Waals surface area contributed by atoms with E-state index in [9.17, 15) is 14.4 Å². The highest BCUT2D eigenvalue weighted by molar-refractivity contribution is 7.99. The van der Waals surface area contributed by atoms with Crippen molar-refractivity contribution in [2.45, 2.75) is 27.2 Å². The smallest absolute Gasteiger partial charge is 0.271 e. The highest BCUT2D eigenvalue weighted by Crippen LogP contribution is 2.23. The van der Waals surface area contributed by atoms with Gasteiger partial charge in [-0.25, -0.2) is 9.97 Å². The number of carbonyl (C=O) groups is 2. The normalized spacial score (nSPS) is 9.95. The number of benzene rings is 2. The van der Waals surface area contributed by atoms with Gasteiger partial charge in [-0.3, -0.25) is 14.4 Å². The number of nitrogens with zero attached hydrogens (tertiary/aromatic N) is 3. The van der Waals surface area contributed by atoms with Gasteiger partial charge in [-0.2, -0.15) is 0 Å². The van der Waals surface area contributed by atoms with Crippen molar-refractivity contribution < 1.29 is 9.59 Å². The van der Waals surface area contributed by atoms with Crippen molar-refractivity contribution in [2.75, 3.05) is 16.3 Å². The maximum atomic E-state index is 12.0. The molecule has 0 spiro atoms. The van der Waals surface area contributed by atoms with Gasteiger partial charge in [0.15, 0.2) is 11.5 Å². The minimum absolute atomic E-state index is 0.0186. The third-order valence-corrected chi connectivity index (χ3v) is 6.01. The molecule has 0 saturated carbocycles. The Morgan fingerprint density at radius 3 is 2.53 bits per heavy atom. The molecule has 9 nitrogen and oxygen atoms in total. The quantitative estimate of drug-likeness (QED) is 0.209. The number of rotatable bonds is 7. The van der Waals surface area contributed by atoms with Gasteiger partial charge in [0.05, 0.1) is 22.3 Å². The summed E-state index contributed by atoms with van der Waals surface area (Å²) in [6.07, 6.45) is 4.64. The second-order valence-corrected chi connectivity index (χ2v) is 8.54. The predicted octanol–water partition coefficient (Wildman–Crippen LogP) is 5.28. The Morgan fingerprint density at radius 1 is 1.18 bits per heavy atom. The zero-order valence-corrected chi connectivity index (χ0v) is 23.5. The van der Waals surface area contributed by atoms with Gasteiger partial charge >= 0.3 is 0 Å². The third-order valence-electron chi connectivity index (χ3n) is 5.26. The van der Waals surface area contributed by atoms with Gasteiger partial charge in [0, 0.05) is 30.2 Å². The molecular weight excluding hydrogens is 524 g/mol. The Labute approximate surface area is 231 Å². The monoisotopic (exact) mass is 554 g/mol. The molecule has 0 atom stereocenters. The first-order valence-electron chi connectivity index (χ1n) is 11.8. The summed E-state index contributed by atoms with van der Waals surface area (Å²) in [5, 5.41) is 4.35. The van der Waals surface area contributed by atoms with Crippen molar-refractivity contribution in [3.8, 4) is 11.3 Å². The number of nitrogens with two attached hydrogens (primary N) is 1. The van der Waals surface area contributed by atoms with Crippen molar-refractivity contribution in [2.24, 2.45) is 12.8 Å². The molecule has 2 aromatic heterocycles. The van der Waals surface area contributed by atoms with Crippen LogP contribution in [0.25, 0.3) is 22.0 Å². The van der Waals surface area contributed by atoms with Crippen LogP contribution in [-0.4, -0.2) is 33.1 Å². The molecule has 2 aromatic carbocycles. The van der Waals surface area contributed by atoms with Crippen LogP contribution in [0.3, 0.4) is 0 Å². The van der Waals surface area contributed by atoms with Gasteiger partial charge in [-0.1, -0.05) is 68.6 Å². The van der Waals surface area contributed by atoms with E-state index in [2.05, 4.69) is 20.0 Å². The molecule has 200 valence electrons. The standard InChI is InChI=1S/C13H13N5O2S.C12H12ClNO.C2H6/c1-21-18-9-4-2-3-8(5-9)10-6-15-13(16-7-19)11(17-10)12(14)20;1-3-9-7-8-5-4-6-10(13)11(8)12(15)14(9)2;1-2/h2-7,18H,1H3,(H2,14,20)(H,15,16,19);4-7H,3H2,1-2H3;1-2H3. The number of aryl methyl sites for hydroxylation is 1. The maximum absolute atomic E-state index is 12.0. The maximum Gasteiger partial charge on any atom is 0.271 e. The van der Waals surface area contributed by atoms with Crippen molar-refractivity contribution in [3.63, 3.8) is 0 Å². The Morgan fingerprint density at radius 2 is 1.89 bits per heavy atom. The number of halogens is 1. The molecule has 0 aliphatic carbocycles. The fourth-order valence-corrected chi connectivity index (χ4v) is 4.15. The van der Waals surface area contributed by atoms with E-state index in [4.69, 9.17) is 17.3 Å². The molecule has 0 aliphatic rings. The molecule has 0 unspecified atom stereocenters. The van der Waals surface area contributed by atoms with Crippen LogP contribution in [0.4, 0.5) is 11.5 Å². The van der Waals surface area contributed by atoms with Gasteiger partial charge in [0.2, 0.25) is 6.41 Å². The summed E-state index contributed by atoms with van der Waals surface area (Å²) >= 11 is 7.48. The molecular formula is C27H31ClN6O3S. The molecule has 0 bridgehead atoms. The Bertz CT molecular complexity index is 1480. The second-order valence-electron chi connectivity index (χ2n) is 7.52. The van der Waals surface area contributed by atoms with E-state index in [0.29, 0.717) is 22.5 Å². The van der Waals surface area contributed by atoms with Crippen LogP contribution in [0.5, 0.6) is 0 Å². The predicted molar refractivity (Wildman–Crippen MR) is 158 cm³/mol. The summed E-state index contributed by atoms with van der Waals surface area (Å²) in [6.45, 7) is 6.03. The molecule has 0 radical (unpaired) electrons. The summed E-state index contributed by atoms with van der Waals surface area (Å²) in [7, 11) is 1.78. The molecule has 4 N–H and O–H groups in total. The summed E-state index contributed by atoms with van der Waals surface area (Å²) in [4.78, 5) is 42.1. The van der Waals surface area contributed by atoms with Crippen molar-refractivity contribution >= 4 is 58.1 Å². The number of nitrogens with one attached hydrogen (secondary N) is 2. The summed E-state index contributed by atoms with van der Waals surface area (Å²) in [6, 6.07) is 15.0. The molecule has 38 heavy (non-hydrogen) atoms. The van der Waals surface area contributed by atoms with Gasteiger partial charge in [0.1, 0.15) is 0 Å². The summed E-state index contributed by atoms with van der Waals surface area (Å²) in [5.41, 5.74) is 8.35. The fourth-order valence-electron chi connectivity index (χ4n) is 3.52. The van der Waals surface area contributed by atoms with E-state index in [1.54, 1.807) is 17.7 Å². The first-order valence-corrected chi connectivity index (χ1v) is 13.4. The van der Waals surface area contributed by atoms with Crippen LogP contribution < -0.4 is 21.3 Å². The third kappa shape index (κ3) is 7.33. The van der Waals surface area contributed by atoms with E-state index < -0.39 is 5.91 Å². The lowest BCUT2D eigenvalue weighted by molar-refractivity contribution is -0.105. The van der Waals surface area contributed by atoms with Gasteiger partial charge in [-0.15, -0.1) is 0 Å². The second kappa shape index (κ2) is 14.7. The minimum atomic E-state index is -0.757. The first kappa shape index (κ1) is 30.3. The van der Waals surface area contributed by atoms with Gasteiger partial charge in [0.25, 0.3) is 11.5 Å². The number of pyridine rings is 1. The number of primary amides is 1. The summed E-state index contributed by atoms with van der Waals surface area (Å²) < 4.78 is 4.77. The zero-order chi connectivity index (χ0) is 28.2. The van der Waals surface area contributed by atoms with Crippen molar-refractivity contribution in [3.05, 3.63) is 81.5 Å².